The second-order valence-electron chi connectivity index (χ2n) is 6.26. The molecule has 0 bridgehead atoms. The Morgan fingerprint density at radius 2 is 2.26 bits per heavy atom. The van der Waals surface area contributed by atoms with Gasteiger partial charge in [-0.2, -0.15) is 5.10 Å². The summed E-state index contributed by atoms with van der Waals surface area (Å²) < 4.78 is 1.90. The van der Waals surface area contributed by atoms with Crippen molar-refractivity contribution in [1.29, 1.82) is 0 Å². The third kappa shape index (κ3) is 4.05. The van der Waals surface area contributed by atoms with Crippen molar-refractivity contribution in [2.75, 3.05) is 19.6 Å². The molecule has 4 nitrogen and oxygen atoms in total. The van der Waals surface area contributed by atoms with Gasteiger partial charge >= 0.3 is 0 Å². The van der Waals surface area contributed by atoms with E-state index in [1.54, 1.807) is 0 Å². The zero-order valence-electron chi connectivity index (χ0n) is 12.8. The summed E-state index contributed by atoms with van der Waals surface area (Å²) in [6.45, 7) is 10.4. The van der Waals surface area contributed by atoms with Crippen LogP contribution in [0.1, 0.15) is 45.2 Å². The maximum Gasteiger partial charge on any atom is 0.0537 e. The van der Waals surface area contributed by atoms with Crippen molar-refractivity contribution in [3.8, 4) is 0 Å². The lowest BCUT2D eigenvalue weighted by atomic mass is 10.1. The number of rotatable bonds is 6. The molecule has 2 heterocycles. The van der Waals surface area contributed by atoms with E-state index in [4.69, 9.17) is 0 Å². The standard InChI is InChI=1S/C15H28N4/c1-12(2)9-19(11-15-6-5-7-16-15)13(3)14-8-17-18(4)10-14/h8,10,12-13,15-16H,5-7,9,11H2,1-4H3. The van der Waals surface area contributed by atoms with E-state index in [1.807, 2.05) is 17.9 Å². The van der Waals surface area contributed by atoms with Gasteiger partial charge in [0.25, 0.3) is 0 Å². The monoisotopic (exact) mass is 264 g/mol. The van der Waals surface area contributed by atoms with Gasteiger partial charge in [0.05, 0.1) is 6.20 Å². The van der Waals surface area contributed by atoms with Gasteiger partial charge in [-0.05, 0) is 32.2 Å². The van der Waals surface area contributed by atoms with Crippen LogP contribution >= 0.6 is 0 Å². The minimum atomic E-state index is 0.443. The SMILES string of the molecule is CC(C)CN(CC1CCCN1)C(C)c1cnn(C)c1. The Kier molecular flexibility index (Phi) is 4.99. The Balaban J connectivity index is 2.02. The fraction of sp³-hybridized carbons (Fsp3) is 0.800. The molecule has 0 saturated carbocycles. The summed E-state index contributed by atoms with van der Waals surface area (Å²) in [5.41, 5.74) is 1.32. The third-order valence-corrected chi connectivity index (χ3v) is 3.97. The van der Waals surface area contributed by atoms with Crippen LogP contribution in [-0.2, 0) is 7.05 Å². The minimum absolute atomic E-state index is 0.443. The van der Waals surface area contributed by atoms with Crippen molar-refractivity contribution in [3.63, 3.8) is 0 Å². The Hall–Kier alpha value is -0.870. The maximum absolute atomic E-state index is 4.31. The first-order chi connectivity index (χ1) is 9.06. The van der Waals surface area contributed by atoms with Crippen molar-refractivity contribution >= 4 is 0 Å². The molecule has 0 radical (unpaired) electrons. The van der Waals surface area contributed by atoms with Gasteiger partial charge in [-0.1, -0.05) is 13.8 Å². The van der Waals surface area contributed by atoms with Crippen molar-refractivity contribution < 1.29 is 0 Å². The zero-order valence-corrected chi connectivity index (χ0v) is 12.8. The molecule has 0 spiro atoms. The van der Waals surface area contributed by atoms with Crippen molar-refractivity contribution in [2.45, 2.75) is 45.7 Å². The molecular formula is C15H28N4. The van der Waals surface area contributed by atoms with E-state index < -0.39 is 0 Å². The van der Waals surface area contributed by atoms with Crippen molar-refractivity contribution in [3.05, 3.63) is 18.0 Å². The average molecular weight is 264 g/mol. The number of aromatic nitrogens is 2. The van der Waals surface area contributed by atoms with Gasteiger partial charge in [-0.25, -0.2) is 0 Å². The van der Waals surface area contributed by atoms with Gasteiger partial charge in [0.15, 0.2) is 0 Å². The average Bonchev–Trinajstić information content (AvgIpc) is 2.98. The predicted molar refractivity (Wildman–Crippen MR) is 79.1 cm³/mol. The zero-order chi connectivity index (χ0) is 13.8. The van der Waals surface area contributed by atoms with Crippen LogP contribution in [0.4, 0.5) is 0 Å². The molecule has 1 aromatic heterocycles. The molecule has 0 aromatic carbocycles. The first kappa shape index (κ1) is 14.5. The Morgan fingerprint density at radius 1 is 1.47 bits per heavy atom. The van der Waals surface area contributed by atoms with Crippen LogP contribution in [0.25, 0.3) is 0 Å². The lowest BCUT2D eigenvalue weighted by molar-refractivity contribution is 0.171. The van der Waals surface area contributed by atoms with Crippen LogP contribution in [0.2, 0.25) is 0 Å². The quantitative estimate of drug-likeness (QED) is 0.855. The largest absolute Gasteiger partial charge is 0.313 e. The highest BCUT2D eigenvalue weighted by atomic mass is 15.3. The third-order valence-electron chi connectivity index (χ3n) is 3.97. The van der Waals surface area contributed by atoms with Gasteiger partial charge in [0.1, 0.15) is 0 Å². The van der Waals surface area contributed by atoms with Crippen LogP contribution in [0.15, 0.2) is 12.4 Å². The summed E-state index contributed by atoms with van der Waals surface area (Å²) >= 11 is 0. The molecule has 1 aliphatic heterocycles. The number of nitrogens with one attached hydrogen (secondary N) is 1. The molecule has 0 aliphatic carbocycles. The second-order valence-corrected chi connectivity index (χ2v) is 6.26. The predicted octanol–water partition coefficient (Wildman–Crippen LogP) is 2.19. The molecule has 2 atom stereocenters. The Labute approximate surface area is 117 Å². The maximum atomic E-state index is 4.31. The highest BCUT2D eigenvalue weighted by Crippen LogP contribution is 2.22. The number of aryl methyl sites for hydroxylation is 1. The molecule has 1 aliphatic rings. The van der Waals surface area contributed by atoms with Gasteiger partial charge in [-0.15, -0.1) is 0 Å². The molecule has 108 valence electrons. The molecule has 2 rings (SSSR count). The topological polar surface area (TPSA) is 33.1 Å². The lowest BCUT2D eigenvalue weighted by Gasteiger charge is -2.32. The number of hydrogen-bond acceptors (Lipinski definition) is 3. The van der Waals surface area contributed by atoms with Crippen LogP contribution in [-0.4, -0.2) is 40.4 Å². The number of hydrogen-bond donors (Lipinski definition) is 1. The first-order valence-corrected chi connectivity index (χ1v) is 7.52. The Bertz CT molecular complexity index is 379. The van der Waals surface area contributed by atoms with Crippen LogP contribution < -0.4 is 5.32 Å². The van der Waals surface area contributed by atoms with Crippen LogP contribution in [0.3, 0.4) is 0 Å². The smallest absolute Gasteiger partial charge is 0.0537 e. The molecule has 1 fully saturated rings. The summed E-state index contributed by atoms with van der Waals surface area (Å²) in [6.07, 6.45) is 6.77. The fourth-order valence-electron chi connectivity index (χ4n) is 2.92. The molecule has 19 heavy (non-hydrogen) atoms. The molecule has 2 unspecified atom stereocenters. The highest BCUT2D eigenvalue weighted by molar-refractivity contribution is 5.09. The van der Waals surface area contributed by atoms with E-state index in [-0.39, 0.29) is 0 Å². The normalized spacial score (nSPS) is 21.5. The summed E-state index contributed by atoms with van der Waals surface area (Å²) in [6, 6.07) is 1.11. The van der Waals surface area contributed by atoms with Crippen LogP contribution in [0.5, 0.6) is 0 Å². The van der Waals surface area contributed by atoms with E-state index in [9.17, 15) is 0 Å². The molecule has 1 aromatic rings. The highest BCUT2D eigenvalue weighted by Gasteiger charge is 2.23. The van der Waals surface area contributed by atoms with Gasteiger partial charge in [0.2, 0.25) is 0 Å². The minimum Gasteiger partial charge on any atom is -0.313 e. The summed E-state index contributed by atoms with van der Waals surface area (Å²) in [5.74, 6) is 0.695. The van der Waals surface area contributed by atoms with Gasteiger partial charge < -0.3 is 5.32 Å². The second kappa shape index (κ2) is 6.53. The van der Waals surface area contributed by atoms with E-state index in [1.165, 1.54) is 24.9 Å². The summed E-state index contributed by atoms with van der Waals surface area (Å²) in [5, 5.41) is 7.91. The van der Waals surface area contributed by atoms with E-state index in [0.717, 1.165) is 13.1 Å². The summed E-state index contributed by atoms with van der Waals surface area (Å²) in [7, 11) is 1.99. The molecular weight excluding hydrogens is 236 g/mol. The van der Waals surface area contributed by atoms with Crippen LogP contribution in [0, 0.1) is 5.92 Å². The summed E-state index contributed by atoms with van der Waals surface area (Å²) in [4.78, 5) is 2.60. The van der Waals surface area contributed by atoms with E-state index >= 15 is 0 Å². The van der Waals surface area contributed by atoms with Crippen molar-refractivity contribution in [1.82, 2.24) is 20.0 Å². The van der Waals surface area contributed by atoms with Gasteiger partial charge in [-0.3, -0.25) is 9.58 Å². The van der Waals surface area contributed by atoms with Crippen molar-refractivity contribution in [2.24, 2.45) is 13.0 Å². The Morgan fingerprint density at radius 3 is 2.79 bits per heavy atom. The molecule has 1 N–H and O–H groups in total. The fourth-order valence-corrected chi connectivity index (χ4v) is 2.92. The molecule has 4 heteroatoms. The first-order valence-electron chi connectivity index (χ1n) is 7.52. The van der Waals surface area contributed by atoms with E-state index in [2.05, 4.69) is 42.3 Å². The lowest BCUT2D eigenvalue weighted by Crippen LogP contribution is -2.40. The molecule has 1 saturated heterocycles. The van der Waals surface area contributed by atoms with Gasteiger partial charge in [0, 0.05) is 44.0 Å². The van der Waals surface area contributed by atoms with E-state index in [0.29, 0.717) is 18.0 Å². The number of nitrogens with zero attached hydrogens (tertiary/aromatic N) is 3. The molecule has 0 amide bonds.